The summed E-state index contributed by atoms with van der Waals surface area (Å²) >= 11 is 0. The Kier molecular flexibility index (Phi) is 3.10. The maximum absolute atomic E-state index is 12.1. The second-order valence-electron chi connectivity index (χ2n) is 4.37. The molecular formula is C14H16N2O2. The molecule has 4 nitrogen and oxygen atoms in total. The summed E-state index contributed by atoms with van der Waals surface area (Å²) in [4.78, 5) is 12.1. The standard InChI is InChI=1S/C14H16N2O2/c1-8-6-11(15)7-9(2)13(8)16-14(17)12-4-5-18-10(12)3/h4-7H,15H2,1-3H3,(H,16,17). The first-order valence-electron chi connectivity index (χ1n) is 5.71. The number of hydrogen-bond donors (Lipinski definition) is 2. The van der Waals surface area contributed by atoms with E-state index in [1.807, 2.05) is 26.0 Å². The lowest BCUT2D eigenvalue weighted by atomic mass is 10.1. The van der Waals surface area contributed by atoms with E-state index in [0.29, 0.717) is 17.0 Å². The lowest BCUT2D eigenvalue weighted by Gasteiger charge is -2.12. The zero-order valence-electron chi connectivity index (χ0n) is 10.7. The van der Waals surface area contributed by atoms with Crippen LogP contribution in [-0.2, 0) is 0 Å². The molecular weight excluding hydrogens is 228 g/mol. The highest BCUT2D eigenvalue weighted by atomic mass is 16.3. The van der Waals surface area contributed by atoms with Crippen LogP contribution in [-0.4, -0.2) is 5.91 Å². The first-order chi connectivity index (χ1) is 8.49. The quantitative estimate of drug-likeness (QED) is 0.798. The van der Waals surface area contributed by atoms with Crippen LogP contribution in [0.25, 0.3) is 0 Å². The molecule has 1 aromatic carbocycles. The van der Waals surface area contributed by atoms with E-state index in [9.17, 15) is 4.79 Å². The van der Waals surface area contributed by atoms with E-state index in [-0.39, 0.29) is 5.91 Å². The number of aryl methyl sites for hydroxylation is 3. The zero-order valence-corrected chi connectivity index (χ0v) is 10.7. The van der Waals surface area contributed by atoms with Crippen molar-refractivity contribution in [1.29, 1.82) is 0 Å². The Bertz CT molecular complexity index is 577. The fourth-order valence-corrected chi connectivity index (χ4v) is 2.00. The van der Waals surface area contributed by atoms with Gasteiger partial charge in [-0.1, -0.05) is 0 Å². The van der Waals surface area contributed by atoms with E-state index in [4.69, 9.17) is 10.2 Å². The fourth-order valence-electron chi connectivity index (χ4n) is 2.00. The van der Waals surface area contributed by atoms with Gasteiger partial charge in [0, 0.05) is 11.4 Å². The number of hydrogen-bond acceptors (Lipinski definition) is 3. The van der Waals surface area contributed by atoms with Crippen molar-refractivity contribution >= 4 is 17.3 Å². The highest BCUT2D eigenvalue weighted by Crippen LogP contribution is 2.24. The lowest BCUT2D eigenvalue weighted by Crippen LogP contribution is -2.14. The van der Waals surface area contributed by atoms with Gasteiger partial charge in [0.05, 0.1) is 11.8 Å². The van der Waals surface area contributed by atoms with Crippen LogP contribution >= 0.6 is 0 Å². The predicted molar refractivity (Wildman–Crippen MR) is 71.7 cm³/mol. The number of amides is 1. The van der Waals surface area contributed by atoms with Crippen LogP contribution in [0.4, 0.5) is 11.4 Å². The number of benzene rings is 1. The second kappa shape index (κ2) is 4.56. The molecule has 1 heterocycles. The third-order valence-corrected chi connectivity index (χ3v) is 2.90. The van der Waals surface area contributed by atoms with E-state index in [1.165, 1.54) is 6.26 Å². The average molecular weight is 244 g/mol. The van der Waals surface area contributed by atoms with Crippen molar-refractivity contribution < 1.29 is 9.21 Å². The molecule has 94 valence electrons. The summed E-state index contributed by atoms with van der Waals surface area (Å²) in [6, 6.07) is 5.34. The van der Waals surface area contributed by atoms with E-state index in [1.54, 1.807) is 13.0 Å². The first-order valence-corrected chi connectivity index (χ1v) is 5.71. The van der Waals surface area contributed by atoms with Crippen molar-refractivity contribution in [2.24, 2.45) is 0 Å². The van der Waals surface area contributed by atoms with Gasteiger partial charge in [-0.15, -0.1) is 0 Å². The minimum Gasteiger partial charge on any atom is -0.469 e. The van der Waals surface area contributed by atoms with Crippen molar-refractivity contribution in [2.45, 2.75) is 20.8 Å². The Labute approximate surface area is 106 Å². The van der Waals surface area contributed by atoms with Gasteiger partial charge in [-0.2, -0.15) is 0 Å². The number of nitrogen functional groups attached to an aromatic ring is 1. The smallest absolute Gasteiger partial charge is 0.259 e. The normalized spacial score (nSPS) is 10.4. The van der Waals surface area contributed by atoms with Crippen LogP contribution in [0.5, 0.6) is 0 Å². The number of nitrogens with one attached hydrogen (secondary N) is 1. The van der Waals surface area contributed by atoms with Crippen molar-refractivity contribution in [2.75, 3.05) is 11.1 Å². The largest absolute Gasteiger partial charge is 0.469 e. The Morgan fingerprint density at radius 3 is 2.33 bits per heavy atom. The average Bonchev–Trinajstić information content (AvgIpc) is 2.69. The van der Waals surface area contributed by atoms with Crippen LogP contribution in [0.15, 0.2) is 28.9 Å². The molecule has 0 spiro atoms. The molecule has 18 heavy (non-hydrogen) atoms. The van der Waals surface area contributed by atoms with Crippen molar-refractivity contribution in [3.05, 3.63) is 46.9 Å². The Morgan fingerprint density at radius 2 is 1.83 bits per heavy atom. The third-order valence-electron chi connectivity index (χ3n) is 2.90. The molecule has 2 rings (SSSR count). The number of anilines is 2. The predicted octanol–water partition coefficient (Wildman–Crippen LogP) is 3.04. The molecule has 0 radical (unpaired) electrons. The van der Waals surface area contributed by atoms with E-state index < -0.39 is 0 Å². The molecule has 3 N–H and O–H groups in total. The highest BCUT2D eigenvalue weighted by molar-refractivity contribution is 6.05. The molecule has 0 aliphatic carbocycles. The molecule has 0 atom stereocenters. The SMILES string of the molecule is Cc1cc(N)cc(C)c1NC(=O)c1ccoc1C. The van der Waals surface area contributed by atoms with Crippen molar-refractivity contribution in [3.63, 3.8) is 0 Å². The van der Waals surface area contributed by atoms with Gasteiger partial charge in [0.25, 0.3) is 5.91 Å². The van der Waals surface area contributed by atoms with Gasteiger partial charge in [0.15, 0.2) is 0 Å². The molecule has 0 unspecified atom stereocenters. The molecule has 1 aromatic heterocycles. The molecule has 2 aromatic rings. The van der Waals surface area contributed by atoms with Crippen molar-refractivity contribution in [3.8, 4) is 0 Å². The Morgan fingerprint density at radius 1 is 1.22 bits per heavy atom. The van der Waals surface area contributed by atoms with Crippen LogP contribution in [0.2, 0.25) is 0 Å². The van der Waals surface area contributed by atoms with Gasteiger partial charge < -0.3 is 15.5 Å². The van der Waals surface area contributed by atoms with E-state index >= 15 is 0 Å². The van der Waals surface area contributed by atoms with Crippen LogP contribution < -0.4 is 11.1 Å². The van der Waals surface area contributed by atoms with Gasteiger partial charge in [0.2, 0.25) is 0 Å². The maximum atomic E-state index is 12.1. The van der Waals surface area contributed by atoms with E-state index in [0.717, 1.165) is 16.8 Å². The number of furan rings is 1. The highest BCUT2D eigenvalue weighted by Gasteiger charge is 2.14. The summed E-state index contributed by atoms with van der Waals surface area (Å²) < 4.78 is 5.12. The monoisotopic (exact) mass is 244 g/mol. The van der Waals surface area contributed by atoms with Crippen LogP contribution in [0, 0.1) is 20.8 Å². The van der Waals surface area contributed by atoms with E-state index in [2.05, 4.69) is 5.32 Å². The van der Waals surface area contributed by atoms with Crippen molar-refractivity contribution in [1.82, 2.24) is 0 Å². The molecule has 0 aliphatic heterocycles. The van der Waals surface area contributed by atoms with Crippen LogP contribution in [0.3, 0.4) is 0 Å². The summed E-state index contributed by atoms with van der Waals surface area (Å²) in [5.41, 5.74) is 9.69. The number of nitrogens with two attached hydrogens (primary N) is 1. The molecule has 0 saturated carbocycles. The molecule has 0 bridgehead atoms. The third kappa shape index (κ3) is 2.22. The van der Waals surface area contributed by atoms with Gasteiger partial charge in [-0.3, -0.25) is 4.79 Å². The summed E-state index contributed by atoms with van der Waals surface area (Å²) in [6.07, 6.45) is 1.51. The molecule has 4 heteroatoms. The fraction of sp³-hybridized carbons (Fsp3) is 0.214. The second-order valence-corrected chi connectivity index (χ2v) is 4.37. The van der Waals surface area contributed by atoms with Gasteiger partial charge in [-0.05, 0) is 50.1 Å². The Balaban J connectivity index is 2.31. The van der Waals surface area contributed by atoms with Gasteiger partial charge >= 0.3 is 0 Å². The zero-order chi connectivity index (χ0) is 13.3. The van der Waals surface area contributed by atoms with Gasteiger partial charge in [-0.25, -0.2) is 0 Å². The Hall–Kier alpha value is -2.23. The molecule has 1 amide bonds. The lowest BCUT2D eigenvalue weighted by molar-refractivity contribution is 0.102. The summed E-state index contributed by atoms with van der Waals surface area (Å²) in [7, 11) is 0. The topological polar surface area (TPSA) is 68.3 Å². The first kappa shape index (κ1) is 12.2. The molecule has 0 fully saturated rings. The minimum atomic E-state index is -0.169. The number of rotatable bonds is 2. The summed E-state index contributed by atoms with van der Waals surface area (Å²) in [5, 5.41) is 2.89. The maximum Gasteiger partial charge on any atom is 0.259 e. The minimum absolute atomic E-state index is 0.169. The summed E-state index contributed by atoms with van der Waals surface area (Å²) in [6.45, 7) is 5.60. The van der Waals surface area contributed by atoms with Crippen LogP contribution in [0.1, 0.15) is 27.2 Å². The summed E-state index contributed by atoms with van der Waals surface area (Å²) in [5.74, 6) is 0.440. The van der Waals surface area contributed by atoms with Gasteiger partial charge in [0.1, 0.15) is 5.76 Å². The number of carbonyl (C=O) groups is 1. The molecule has 0 aliphatic rings. The molecule has 0 saturated heterocycles. The number of carbonyl (C=O) groups excluding carboxylic acids is 1.